The van der Waals surface area contributed by atoms with Crippen LogP contribution in [0.1, 0.15) is 23.9 Å². The fourth-order valence-corrected chi connectivity index (χ4v) is 3.37. The molecule has 1 saturated heterocycles. The summed E-state index contributed by atoms with van der Waals surface area (Å²) in [6, 6.07) is 8.76. The molecule has 3 rings (SSSR count). The molecular formula is C19H19N3O3S. The number of carbonyl (C=O) groups excluding carboxylic acids is 2. The second-order valence-corrected chi connectivity index (χ2v) is 6.43. The Morgan fingerprint density at radius 3 is 2.46 bits per heavy atom. The second-order valence-electron chi connectivity index (χ2n) is 6.04. The van der Waals surface area contributed by atoms with Crippen molar-refractivity contribution in [2.75, 3.05) is 6.54 Å². The fraction of sp³-hybridized carbons (Fsp3) is 0.211. The number of aryl methyl sites for hydroxylation is 1. The van der Waals surface area contributed by atoms with E-state index < -0.39 is 11.8 Å². The largest absolute Gasteiger partial charge is 0.508 e. The van der Waals surface area contributed by atoms with Crippen LogP contribution in [0.15, 0.2) is 35.9 Å². The number of hydrogen-bond acceptors (Lipinski definition) is 4. The number of phenolic OH excluding ortho intramolecular Hbond substituents is 1. The van der Waals surface area contributed by atoms with Gasteiger partial charge in [-0.15, -0.1) is 0 Å². The van der Waals surface area contributed by atoms with Crippen molar-refractivity contribution in [3.05, 3.63) is 52.9 Å². The minimum atomic E-state index is -0.487. The number of carbonyl (C=O) groups is 2. The van der Waals surface area contributed by atoms with Crippen LogP contribution >= 0.6 is 12.2 Å². The molecule has 0 spiro atoms. The third-order valence-corrected chi connectivity index (χ3v) is 4.70. The molecule has 1 aromatic carbocycles. The summed E-state index contributed by atoms with van der Waals surface area (Å²) in [5.74, 6) is -0.687. The summed E-state index contributed by atoms with van der Waals surface area (Å²) in [7, 11) is 0. The number of nitrogens with one attached hydrogen (secondary N) is 1. The summed E-state index contributed by atoms with van der Waals surface area (Å²) in [6.45, 7) is 6.05. The highest BCUT2D eigenvalue weighted by Crippen LogP contribution is 2.25. The third-order valence-electron chi connectivity index (χ3n) is 4.38. The maximum atomic E-state index is 12.6. The molecule has 2 aromatic rings. The Morgan fingerprint density at radius 2 is 1.85 bits per heavy atom. The minimum Gasteiger partial charge on any atom is -0.508 e. The van der Waals surface area contributed by atoms with E-state index in [4.69, 9.17) is 12.2 Å². The van der Waals surface area contributed by atoms with Gasteiger partial charge in [-0.1, -0.05) is 0 Å². The van der Waals surface area contributed by atoms with Crippen molar-refractivity contribution in [2.45, 2.75) is 20.8 Å². The van der Waals surface area contributed by atoms with E-state index in [1.165, 1.54) is 4.90 Å². The molecule has 7 heteroatoms. The smallest absolute Gasteiger partial charge is 0.265 e. The van der Waals surface area contributed by atoms with E-state index >= 15 is 0 Å². The Labute approximate surface area is 156 Å². The lowest BCUT2D eigenvalue weighted by Gasteiger charge is -2.27. The van der Waals surface area contributed by atoms with Crippen LogP contribution in [0.3, 0.4) is 0 Å². The Kier molecular flexibility index (Phi) is 4.65. The fourth-order valence-electron chi connectivity index (χ4n) is 3.07. The highest BCUT2D eigenvalue weighted by Gasteiger charge is 2.32. The van der Waals surface area contributed by atoms with Gasteiger partial charge in [-0.3, -0.25) is 19.8 Å². The molecule has 1 aliphatic rings. The van der Waals surface area contributed by atoms with Gasteiger partial charge in [0, 0.05) is 23.6 Å². The van der Waals surface area contributed by atoms with Crippen LogP contribution in [0, 0.1) is 13.8 Å². The normalized spacial score (nSPS) is 16.3. The molecule has 1 fully saturated rings. The molecule has 6 nitrogen and oxygen atoms in total. The van der Waals surface area contributed by atoms with Gasteiger partial charge in [0.15, 0.2) is 5.11 Å². The lowest BCUT2D eigenvalue weighted by Crippen LogP contribution is -2.53. The van der Waals surface area contributed by atoms with Gasteiger partial charge in [0.2, 0.25) is 0 Å². The molecule has 0 aliphatic carbocycles. The molecule has 0 atom stereocenters. The van der Waals surface area contributed by atoms with Crippen molar-refractivity contribution in [3.63, 3.8) is 0 Å². The van der Waals surface area contributed by atoms with Gasteiger partial charge in [0.25, 0.3) is 11.8 Å². The number of phenols is 1. The van der Waals surface area contributed by atoms with Crippen LogP contribution in [-0.2, 0) is 9.59 Å². The van der Waals surface area contributed by atoms with Crippen molar-refractivity contribution in [1.29, 1.82) is 0 Å². The second kappa shape index (κ2) is 6.76. The Hall–Kier alpha value is -2.93. The molecule has 2 heterocycles. The number of thiocarbonyl (C=S) groups is 1. The first-order valence-corrected chi connectivity index (χ1v) is 8.61. The summed E-state index contributed by atoms with van der Waals surface area (Å²) in [5.41, 5.74) is 3.56. The summed E-state index contributed by atoms with van der Waals surface area (Å²) < 4.78 is 2.00. The quantitative estimate of drug-likeness (QED) is 0.495. The maximum absolute atomic E-state index is 12.6. The number of hydrogen-bond donors (Lipinski definition) is 2. The SMILES string of the molecule is CCN1C(=O)C(=Cc2cc(C)n(-c3ccc(O)cc3)c2C)C(=O)NC1=S. The Morgan fingerprint density at radius 1 is 1.19 bits per heavy atom. The summed E-state index contributed by atoms with van der Waals surface area (Å²) in [5, 5.41) is 12.2. The number of aromatic hydroxyl groups is 1. The van der Waals surface area contributed by atoms with Gasteiger partial charge in [0.1, 0.15) is 11.3 Å². The van der Waals surface area contributed by atoms with Crippen molar-refractivity contribution in [1.82, 2.24) is 14.8 Å². The van der Waals surface area contributed by atoms with Gasteiger partial charge in [-0.25, -0.2) is 0 Å². The lowest BCUT2D eigenvalue weighted by atomic mass is 10.1. The first-order chi connectivity index (χ1) is 12.3. The molecule has 0 unspecified atom stereocenters. The molecule has 0 bridgehead atoms. The van der Waals surface area contributed by atoms with Gasteiger partial charge in [0.05, 0.1) is 0 Å². The summed E-state index contributed by atoms with van der Waals surface area (Å²) >= 11 is 5.04. The highest BCUT2D eigenvalue weighted by molar-refractivity contribution is 7.80. The van der Waals surface area contributed by atoms with Gasteiger partial charge in [-0.2, -0.15) is 0 Å². The Balaban J connectivity index is 2.05. The lowest BCUT2D eigenvalue weighted by molar-refractivity contribution is -0.128. The zero-order valence-electron chi connectivity index (χ0n) is 14.7. The van der Waals surface area contributed by atoms with Crippen LogP contribution in [0.4, 0.5) is 0 Å². The van der Waals surface area contributed by atoms with Gasteiger partial charge < -0.3 is 9.67 Å². The van der Waals surface area contributed by atoms with Gasteiger partial charge >= 0.3 is 0 Å². The first-order valence-electron chi connectivity index (χ1n) is 8.20. The van der Waals surface area contributed by atoms with Crippen LogP contribution in [0.5, 0.6) is 5.75 Å². The van der Waals surface area contributed by atoms with Crippen LogP contribution in [0.2, 0.25) is 0 Å². The van der Waals surface area contributed by atoms with Crippen LogP contribution in [0.25, 0.3) is 11.8 Å². The van der Waals surface area contributed by atoms with Crippen LogP contribution < -0.4 is 5.32 Å². The van der Waals surface area contributed by atoms with E-state index in [1.54, 1.807) is 25.1 Å². The van der Waals surface area contributed by atoms with E-state index in [9.17, 15) is 14.7 Å². The topological polar surface area (TPSA) is 74.6 Å². The number of aromatic nitrogens is 1. The number of amides is 2. The molecule has 0 saturated carbocycles. The van der Waals surface area contributed by atoms with Crippen molar-refractivity contribution < 1.29 is 14.7 Å². The third kappa shape index (κ3) is 3.01. The average Bonchev–Trinajstić information content (AvgIpc) is 2.86. The van der Waals surface area contributed by atoms with Crippen molar-refractivity contribution in [3.8, 4) is 11.4 Å². The molecule has 1 aromatic heterocycles. The van der Waals surface area contributed by atoms with Crippen molar-refractivity contribution >= 4 is 35.2 Å². The van der Waals surface area contributed by atoms with E-state index in [-0.39, 0.29) is 16.4 Å². The first kappa shape index (κ1) is 17.9. The van der Waals surface area contributed by atoms with Gasteiger partial charge in [-0.05, 0) is 75.0 Å². The summed E-state index contributed by atoms with van der Waals surface area (Å²) in [6.07, 6.45) is 1.60. The Bertz CT molecular complexity index is 942. The minimum absolute atomic E-state index is 0.0615. The zero-order chi connectivity index (χ0) is 19.0. The number of rotatable bonds is 3. The molecule has 1 aliphatic heterocycles. The molecule has 134 valence electrons. The molecule has 0 radical (unpaired) electrons. The molecular weight excluding hydrogens is 350 g/mol. The van der Waals surface area contributed by atoms with E-state index in [0.29, 0.717) is 6.54 Å². The standard InChI is InChI=1S/C19H19N3O3S/c1-4-21-18(25)16(17(24)20-19(21)26)10-13-9-11(2)22(12(13)3)14-5-7-15(23)8-6-14/h5-10,23H,4H2,1-3H3,(H,20,24,26). The summed E-state index contributed by atoms with van der Waals surface area (Å²) in [4.78, 5) is 26.2. The van der Waals surface area contributed by atoms with E-state index in [1.807, 2.05) is 36.6 Å². The zero-order valence-corrected chi connectivity index (χ0v) is 15.6. The van der Waals surface area contributed by atoms with Crippen molar-refractivity contribution in [2.24, 2.45) is 0 Å². The van der Waals surface area contributed by atoms with Crippen LogP contribution in [-0.4, -0.2) is 38.0 Å². The predicted molar refractivity (Wildman–Crippen MR) is 103 cm³/mol. The predicted octanol–water partition coefficient (Wildman–Crippen LogP) is 2.45. The molecule has 26 heavy (non-hydrogen) atoms. The molecule has 2 N–H and O–H groups in total. The highest BCUT2D eigenvalue weighted by atomic mass is 32.1. The van der Waals surface area contributed by atoms with E-state index in [0.717, 1.165) is 22.6 Å². The van der Waals surface area contributed by atoms with E-state index in [2.05, 4.69) is 5.32 Å². The maximum Gasteiger partial charge on any atom is 0.265 e. The average molecular weight is 369 g/mol. The molecule has 2 amide bonds. The number of nitrogens with zero attached hydrogens (tertiary/aromatic N) is 2. The number of benzene rings is 1. The number of likely N-dealkylation sites (N-methyl/N-ethyl adjacent to an activating group) is 1. The monoisotopic (exact) mass is 369 g/mol.